The number of nitrogens with one attached hydrogen (secondary N) is 4. The molecule has 0 bridgehead atoms. The number of nitrogens with zero attached hydrogens (tertiary/aromatic N) is 1. The molecule has 0 radical (unpaired) electrons. The van der Waals surface area contributed by atoms with E-state index in [-0.39, 0.29) is 36.0 Å². The van der Waals surface area contributed by atoms with Crippen molar-refractivity contribution in [3.8, 4) is 0 Å². The molecular weight excluding hydrogens is 378 g/mol. The fourth-order valence-electron chi connectivity index (χ4n) is 4.81. The summed E-state index contributed by atoms with van der Waals surface area (Å²) in [5.41, 5.74) is 2.05. The van der Waals surface area contributed by atoms with Gasteiger partial charge in [0, 0.05) is 30.6 Å². The summed E-state index contributed by atoms with van der Waals surface area (Å²) in [4.78, 5) is 30.9. The van der Waals surface area contributed by atoms with Crippen LogP contribution in [-0.2, 0) is 9.59 Å². The molecular formula is C23H33N5O2. The minimum absolute atomic E-state index is 0.0736. The molecule has 4 N–H and O–H groups in total. The summed E-state index contributed by atoms with van der Waals surface area (Å²) >= 11 is 0. The Hall–Kier alpha value is -2.38. The normalized spacial score (nSPS) is 26.4. The second kappa shape index (κ2) is 9.18. The van der Waals surface area contributed by atoms with Crippen LogP contribution in [0.5, 0.6) is 0 Å². The van der Waals surface area contributed by atoms with Crippen LogP contribution in [-0.4, -0.2) is 53.4 Å². The number of carbonyl (C=O) groups excluding carboxylic acids is 2. The molecule has 4 atom stereocenters. The highest BCUT2D eigenvalue weighted by molar-refractivity contribution is 5.83. The Balaban J connectivity index is 1.33. The molecule has 2 heterocycles. The molecule has 4 unspecified atom stereocenters. The van der Waals surface area contributed by atoms with E-state index in [1.165, 1.54) is 0 Å². The third kappa shape index (κ3) is 4.52. The molecule has 4 rings (SSSR count). The summed E-state index contributed by atoms with van der Waals surface area (Å²) in [6.07, 6.45) is 2.79. The van der Waals surface area contributed by atoms with Crippen LogP contribution in [0.1, 0.15) is 51.4 Å². The fraction of sp³-hybridized carbons (Fsp3) is 0.565. The predicted octanol–water partition coefficient (Wildman–Crippen LogP) is 2.27. The molecule has 30 heavy (non-hydrogen) atoms. The molecule has 1 aromatic heterocycles. The second-order valence-corrected chi connectivity index (χ2v) is 8.49. The number of benzene rings is 1. The third-order valence-electron chi connectivity index (χ3n) is 6.63. The number of H-pyrrole nitrogens is 1. The first kappa shape index (κ1) is 20.9. The molecule has 2 aromatic rings. The van der Waals surface area contributed by atoms with Gasteiger partial charge in [0.1, 0.15) is 6.17 Å². The Morgan fingerprint density at radius 2 is 2.00 bits per heavy atom. The second-order valence-electron chi connectivity index (χ2n) is 8.49. The lowest BCUT2D eigenvalue weighted by Gasteiger charge is -2.42. The van der Waals surface area contributed by atoms with Crippen molar-refractivity contribution < 1.29 is 9.59 Å². The van der Waals surface area contributed by atoms with Crippen LogP contribution in [0.3, 0.4) is 0 Å². The minimum Gasteiger partial charge on any atom is -0.356 e. The molecule has 2 amide bonds. The summed E-state index contributed by atoms with van der Waals surface area (Å²) in [6, 6.07) is 10.4. The van der Waals surface area contributed by atoms with Crippen molar-refractivity contribution >= 4 is 22.7 Å². The van der Waals surface area contributed by atoms with Gasteiger partial charge in [-0.1, -0.05) is 32.0 Å². The number of carbonyl (C=O) groups is 2. The van der Waals surface area contributed by atoms with Crippen molar-refractivity contribution in [2.75, 3.05) is 19.6 Å². The van der Waals surface area contributed by atoms with E-state index >= 15 is 0 Å². The van der Waals surface area contributed by atoms with E-state index in [4.69, 9.17) is 0 Å². The van der Waals surface area contributed by atoms with E-state index in [0.717, 1.165) is 49.1 Å². The monoisotopic (exact) mass is 411 g/mol. The lowest BCUT2D eigenvalue weighted by atomic mass is 9.79. The maximum absolute atomic E-state index is 12.9. The minimum atomic E-state index is -0.202. The molecule has 1 aliphatic heterocycles. The zero-order valence-corrected chi connectivity index (χ0v) is 17.9. The smallest absolute Gasteiger partial charge is 0.226 e. The van der Waals surface area contributed by atoms with Crippen molar-refractivity contribution in [1.82, 2.24) is 25.8 Å². The Kier molecular flexibility index (Phi) is 6.39. The lowest BCUT2D eigenvalue weighted by Crippen LogP contribution is -2.60. The van der Waals surface area contributed by atoms with Gasteiger partial charge in [-0.15, -0.1) is 0 Å². The van der Waals surface area contributed by atoms with Gasteiger partial charge in [0.05, 0.1) is 11.6 Å². The Morgan fingerprint density at radius 1 is 1.20 bits per heavy atom. The van der Waals surface area contributed by atoms with Gasteiger partial charge in [0.25, 0.3) is 0 Å². The maximum Gasteiger partial charge on any atom is 0.226 e. The molecule has 1 saturated carbocycles. The van der Waals surface area contributed by atoms with Crippen LogP contribution < -0.4 is 16.0 Å². The first-order valence-corrected chi connectivity index (χ1v) is 11.2. The summed E-state index contributed by atoms with van der Waals surface area (Å²) in [5.74, 6) is 0.0578. The van der Waals surface area contributed by atoms with E-state index in [1.54, 1.807) is 0 Å². The highest BCUT2D eigenvalue weighted by Gasteiger charge is 2.41. The Morgan fingerprint density at radius 3 is 2.77 bits per heavy atom. The molecule has 2 aliphatic rings. The summed E-state index contributed by atoms with van der Waals surface area (Å²) < 4.78 is 0. The highest BCUT2D eigenvalue weighted by atomic mass is 16.2. The SMILES string of the molecule is CCN(CC)CCC(=O)NC1CCC2NC(c3cc4ccccc4[nH]3)NC(=O)C2C1. The molecule has 1 aliphatic carbocycles. The van der Waals surface area contributed by atoms with E-state index in [2.05, 4.69) is 51.8 Å². The number of aromatic nitrogens is 1. The van der Waals surface area contributed by atoms with Gasteiger partial charge >= 0.3 is 0 Å². The van der Waals surface area contributed by atoms with E-state index in [0.29, 0.717) is 12.8 Å². The summed E-state index contributed by atoms with van der Waals surface area (Å²) in [5, 5.41) is 11.0. The zero-order valence-electron chi connectivity index (χ0n) is 17.9. The molecule has 1 saturated heterocycles. The average Bonchev–Trinajstić information content (AvgIpc) is 3.19. The standard InChI is InChI=1S/C23H33N5O2/c1-3-28(4-2)12-11-21(29)24-16-9-10-19-17(14-16)23(30)27-22(26-19)20-13-15-7-5-6-8-18(15)25-20/h5-8,13,16-17,19,22,25-26H,3-4,9-12,14H2,1-2H3,(H,24,29)(H,27,30). The molecule has 0 spiro atoms. The van der Waals surface area contributed by atoms with Crippen LogP contribution in [0.2, 0.25) is 0 Å². The van der Waals surface area contributed by atoms with E-state index in [9.17, 15) is 9.59 Å². The van der Waals surface area contributed by atoms with Gasteiger partial charge in [0.15, 0.2) is 0 Å². The van der Waals surface area contributed by atoms with Gasteiger partial charge in [-0.2, -0.15) is 0 Å². The number of amides is 2. The molecule has 7 heteroatoms. The van der Waals surface area contributed by atoms with Gasteiger partial charge in [-0.3, -0.25) is 14.9 Å². The maximum atomic E-state index is 12.9. The number of aromatic amines is 1. The van der Waals surface area contributed by atoms with Crippen molar-refractivity contribution in [3.05, 3.63) is 36.0 Å². The summed E-state index contributed by atoms with van der Waals surface area (Å²) in [7, 11) is 0. The van der Waals surface area contributed by atoms with Crippen LogP contribution in [0, 0.1) is 5.92 Å². The van der Waals surface area contributed by atoms with Crippen LogP contribution in [0.15, 0.2) is 30.3 Å². The largest absolute Gasteiger partial charge is 0.356 e. The molecule has 162 valence electrons. The van der Waals surface area contributed by atoms with E-state index < -0.39 is 0 Å². The van der Waals surface area contributed by atoms with E-state index in [1.807, 2.05) is 18.2 Å². The van der Waals surface area contributed by atoms with Crippen LogP contribution >= 0.6 is 0 Å². The number of hydrogen-bond donors (Lipinski definition) is 4. The topological polar surface area (TPSA) is 89.3 Å². The number of rotatable bonds is 7. The quantitative estimate of drug-likeness (QED) is 0.563. The molecule has 1 aromatic carbocycles. The Bertz CT molecular complexity index is 858. The summed E-state index contributed by atoms with van der Waals surface area (Å²) in [6.45, 7) is 6.92. The number of fused-ring (bicyclic) bond motifs is 2. The first-order valence-electron chi connectivity index (χ1n) is 11.2. The van der Waals surface area contributed by atoms with Crippen LogP contribution in [0.4, 0.5) is 0 Å². The zero-order chi connectivity index (χ0) is 21.1. The van der Waals surface area contributed by atoms with Crippen molar-refractivity contribution in [2.45, 2.75) is 57.8 Å². The van der Waals surface area contributed by atoms with Crippen molar-refractivity contribution in [1.29, 1.82) is 0 Å². The van der Waals surface area contributed by atoms with Crippen LogP contribution in [0.25, 0.3) is 10.9 Å². The van der Waals surface area contributed by atoms with Crippen molar-refractivity contribution in [2.24, 2.45) is 5.92 Å². The predicted molar refractivity (Wildman–Crippen MR) is 118 cm³/mol. The van der Waals surface area contributed by atoms with Gasteiger partial charge in [-0.25, -0.2) is 0 Å². The van der Waals surface area contributed by atoms with Gasteiger partial charge < -0.3 is 20.5 Å². The number of para-hydroxylation sites is 1. The average molecular weight is 412 g/mol. The van der Waals surface area contributed by atoms with Gasteiger partial charge in [-0.05, 0) is 49.9 Å². The first-order chi connectivity index (χ1) is 14.6. The molecule has 7 nitrogen and oxygen atoms in total. The van der Waals surface area contributed by atoms with Crippen molar-refractivity contribution in [3.63, 3.8) is 0 Å². The Labute approximate surface area is 178 Å². The third-order valence-corrected chi connectivity index (χ3v) is 6.63. The molecule has 2 fully saturated rings. The van der Waals surface area contributed by atoms with Gasteiger partial charge in [0.2, 0.25) is 11.8 Å². The lowest BCUT2D eigenvalue weighted by molar-refractivity contribution is -0.132. The number of hydrogen-bond acceptors (Lipinski definition) is 4. The fourth-order valence-corrected chi connectivity index (χ4v) is 4.81. The highest BCUT2D eigenvalue weighted by Crippen LogP contribution is 2.31.